The summed E-state index contributed by atoms with van der Waals surface area (Å²) in [6.07, 6.45) is 8.01. The minimum atomic E-state index is -0.123. The van der Waals surface area contributed by atoms with Crippen LogP contribution in [0.5, 0.6) is 5.75 Å². The predicted molar refractivity (Wildman–Crippen MR) is 113 cm³/mol. The lowest BCUT2D eigenvalue weighted by molar-refractivity contribution is -0.121. The number of hydrogen-bond donors (Lipinski definition) is 1. The molecule has 150 valence electrons. The summed E-state index contributed by atoms with van der Waals surface area (Å²) in [5, 5.41) is 3.00. The van der Waals surface area contributed by atoms with E-state index in [9.17, 15) is 9.59 Å². The molecule has 0 aromatic heterocycles. The van der Waals surface area contributed by atoms with Crippen LogP contribution in [0.2, 0.25) is 0 Å². The fourth-order valence-electron chi connectivity index (χ4n) is 3.85. The number of carbonyl (C=O) groups is 2. The molecule has 2 aromatic carbocycles. The number of ether oxygens (including phenoxy) is 1. The molecular weight excluding hydrogens is 364 g/mol. The van der Waals surface area contributed by atoms with Crippen molar-refractivity contribution in [1.29, 1.82) is 0 Å². The number of nitrogens with zero attached hydrogens (tertiary/aromatic N) is 1. The van der Waals surface area contributed by atoms with Crippen molar-refractivity contribution in [2.24, 2.45) is 0 Å². The highest BCUT2D eigenvalue weighted by Crippen LogP contribution is 2.34. The van der Waals surface area contributed by atoms with Crippen molar-refractivity contribution in [3.63, 3.8) is 0 Å². The summed E-state index contributed by atoms with van der Waals surface area (Å²) in [7, 11) is 0. The Morgan fingerprint density at radius 2 is 1.97 bits per heavy atom. The lowest BCUT2D eigenvalue weighted by Gasteiger charge is -2.29. The van der Waals surface area contributed by atoms with E-state index in [4.69, 9.17) is 4.74 Å². The first-order valence-corrected chi connectivity index (χ1v) is 10.3. The van der Waals surface area contributed by atoms with E-state index in [2.05, 4.69) is 11.4 Å². The number of allylic oxidation sites excluding steroid dienone is 1. The highest BCUT2D eigenvalue weighted by Gasteiger charge is 2.26. The van der Waals surface area contributed by atoms with Crippen LogP contribution in [0.3, 0.4) is 0 Å². The van der Waals surface area contributed by atoms with Crippen LogP contribution in [-0.2, 0) is 11.3 Å². The van der Waals surface area contributed by atoms with Crippen LogP contribution in [0.1, 0.15) is 48.0 Å². The summed E-state index contributed by atoms with van der Waals surface area (Å²) in [6.45, 7) is 1.10. The quantitative estimate of drug-likeness (QED) is 0.751. The summed E-state index contributed by atoms with van der Waals surface area (Å²) in [5.74, 6) is 0.398. The van der Waals surface area contributed by atoms with E-state index in [0.29, 0.717) is 30.1 Å². The number of rotatable bonds is 6. The van der Waals surface area contributed by atoms with Gasteiger partial charge >= 0.3 is 0 Å². The minimum absolute atomic E-state index is 0.0144. The van der Waals surface area contributed by atoms with Crippen LogP contribution < -0.4 is 15.0 Å². The van der Waals surface area contributed by atoms with Crippen LogP contribution in [0.4, 0.5) is 5.69 Å². The fourth-order valence-corrected chi connectivity index (χ4v) is 3.85. The Labute approximate surface area is 171 Å². The van der Waals surface area contributed by atoms with Crippen molar-refractivity contribution in [1.82, 2.24) is 5.32 Å². The molecule has 1 aliphatic carbocycles. The molecule has 0 saturated heterocycles. The molecule has 2 aliphatic rings. The summed E-state index contributed by atoms with van der Waals surface area (Å²) in [4.78, 5) is 26.8. The standard InChI is InChI=1S/C24H26N2O3/c27-23-17-29-22-12-11-20(24(28)25-14-13-18-7-3-1-4-8-18)15-21(22)26(23)16-19-9-5-2-6-10-19/h2,5-7,9-12,15H,1,3-4,8,13-14,16-17H2,(H,25,28). The van der Waals surface area contributed by atoms with Crippen LogP contribution in [0.15, 0.2) is 60.2 Å². The Hall–Kier alpha value is -3.08. The molecular formula is C24H26N2O3. The van der Waals surface area contributed by atoms with Gasteiger partial charge in [0.05, 0.1) is 12.2 Å². The molecule has 2 amide bonds. The van der Waals surface area contributed by atoms with E-state index in [0.717, 1.165) is 24.8 Å². The van der Waals surface area contributed by atoms with E-state index >= 15 is 0 Å². The molecule has 0 atom stereocenters. The zero-order valence-corrected chi connectivity index (χ0v) is 16.5. The fraction of sp³-hybridized carbons (Fsp3) is 0.333. The molecule has 0 spiro atoms. The Kier molecular flexibility index (Phi) is 5.94. The number of amides is 2. The van der Waals surface area contributed by atoms with E-state index in [-0.39, 0.29) is 18.4 Å². The van der Waals surface area contributed by atoms with Crippen molar-refractivity contribution in [3.05, 3.63) is 71.3 Å². The van der Waals surface area contributed by atoms with Crippen LogP contribution in [0, 0.1) is 0 Å². The number of nitrogens with one attached hydrogen (secondary N) is 1. The van der Waals surface area contributed by atoms with Gasteiger partial charge in [0, 0.05) is 12.1 Å². The van der Waals surface area contributed by atoms with Gasteiger partial charge in [0.25, 0.3) is 11.8 Å². The molecule has 29 heavy (non-hydrogen) atoms. The SMILES string of the molecule is O=C(NCCC1=CCCCC1)c1ccc2c(c1)N(Cc1ccccc1)C(=O)CO2. The van der Waals surface area contributed by atoms with Gasteiger partial charge in [-0.05, 0) is 55.9 Å². The molecule has 1 N–H and O–H groups in total. The van der Waals surface area contributed by atoms with E-state index in [1.165, 1.54) is 18.4 Å². The maximum Gasteiger partial charge on any atom is 0.265 e. The molecule has 0 radical (unpaired) electrons. The molecule has 5 heteroatoms. The van der Waals surface area contributed by atoms with Crippen LogP contribution in [-0.4, -0.2) is 25.0 Å². The normalized spacial score (nSPS) is 15.9. The zero-order valence-electron chi connectivity index (χ0n) is 16.5. The Morgan fingerprint density at radius 3 is 2.76 bits per heavy atom. The van der Waals surface area contributed by atoms with Gasteiger partial charge in [-0.25, -0.2) is 0 Å². The summed E-state index contributed by atoms with van der Waals surface area (Å²) < 4.78 is 5.57. The van der Waals surface area contributed by atoms with Gasteiger partial charge in [-0.15, -0.1) is 0 Å². The van der Waals surface area contributed by atoms with Crippen molar-refractivity contribution >= 4 is 17.5 Å². The van der Waals surface area contributed by atoms with Gasteiger partial charge in [0.1, 0.15) is 5.75 Å². The van der Waals surface area contributed by atoms with Crippen molar-refractivity contribution in [3.8, 4) is 5.75 Å². The largest absolute Gasteiger partial charge is 0.482 e. The van der Waals surface area contributed by atoms with Gasteiger partial charge in [0.2, 0.25) is 0 Å². The average molecular weight is 390 g/mol. The van der Waals surface area contributed by atoms with Gasteiger partial charge in [-0.1, -0.05) is 42.0 Å². The van der Waals surface area contributed by atoms with Gasteiger partial charge in [-0.2, -0.15) is 0 Å². The maximum atomic E-state index is 12.6. The van der Waals surface area contributed by atoms with Crippen LogP contribution in [0.25, 0.3) is 0 Å². The maximum absolute atomic E-state index is 12.6. The highest BCUT2D eigenvalue weighted by atomic mass is 16.5. The summed E-state index contributed by atoms with van der Waals surface area (Å²) in [5.41, 5.74) is 3.66. The molecule has 1 aliphatic heterocycles. The third-order valence-corrected chi connectivity index (χ3v) is 5.46. The van der Waals surface area contributed by atoms with Gasteiger partial charge in [0.15, 0.2) is 6.61 Å². The van der Waals surface area contributed by atoms with Gasteiger partial charge in [-0.3, -0.25) is 9.59 Å². The second kappa shape index (κ2) is 8.95. The third kappa shape index (κ3) is 4.67. The van der Waals surface area contributed by atoms with E-state index in [1.54, 1.807) is 23.1 Å². The molecule has 2 aromatic rings. The summed E-state index contributed by atoms with van der Waals surface area (Å²) >= 11 is 0. The first kappa shape index (κ1) is 19.2. The molecule has 0 bridgehead atoms. The smallest absolute Gasteiger partial charge is 0.265 e. The van der Waals surface area contributed by atoms with E-state index in [1.807, 2.05) is 30.3 Å². The second-order valence-electron chi connectivity index (χ2n) is 7.55. The predicted octanol–water partition coefficient (Wildman–Crippen LogP) is 4.23. The van der Waals surface area contributed by atoms with E-state index < -0.39 is 0 Å². The number of anilines is 1. The lowest BCUT2D eigenvalue weighted by atomic mass is 9.97. The van der Waals surface area contributed by atoms with Gasteiger partial charge < -0.3 is 15.0 Å². The Balaban J connectivity index is 1.46. The van der Waals surface area contributed by atoms with Crippen molar-refractivity contribution < 1.29 is 14.3 Å². The number of fused-ring (bicyclic) bond motifs is 1. The lowest BCUT2D eigenvalue weighted by Crippen LogP contribution is -2.38. The monoisotopic (exact) mass is 390 g/mol. The second-order valence-corrected chi connectivity index (χ2v) is 7.55. The third-order valence-electron chi connectivity index (χ3n) is 5.46. The molecule has 0 fully saturated rings. The van der Waals surface area contributed by atoms with Crippen LogP contribution >= 0.6 is 0 Å². The summed E-state index contributed by atoms with van der Waals surface area (Å²) in [6, 6.07) is 15.1. The molecule has 0 saturated carbocycles. The first-order chi connectivity index (χ1) is 14.2. The highest BCUT2D eigenvalue weighted by molar-refractivity contribution is 6.01. The average Bonchev–Trinajstić information content (AvgIpc) is 2.77. The first-order valence-electron chi connectivity index (χ1n) is 10.3. The zero-order chi connectivity index (χ0) is 20.1. The number of carbonyl (C=O) groups excluding carboxylic acids is 2. The topological polar surface area (TPSA) is 58.6 Å². The number of benzene rings is 2. The molecule has 5 nitrogen and oxygen atoms in total. The Morgan fingerprint density at radius 1 is 1.10 bits per heavy atom. The Bertz CT molecular complexity index is 921. The number of hydrogen-bond acceptors (Lipinski definition) is 3. The molecule has 4 rings (SSSR count). The van der Waals surface area contributed by atoms with Crippen molar-refractivity contribution in [2.45, 2.75) is 38.6 Å². The molecule has 1 heterocycles. The van der Waals surface area contributed by atoms with Crippen molar-refractivity contribution in [2.75, 3.05) is 18.1 Å². The minimum Gasteiger partial charge on any atom is -0.482 e. The molecule has 0 unspecified atom stereocenters.